The number of nitrogens with one attached hydrogen (secondary N) is 1. The average molecular weight is 347 g/mol. The molecular formula is C19H29N3O3. The van der Waals surface area contributed by atoms with Gasteiger partial charge in [0.25, 0.3) is 0 Å². The summed E-state index contributed by atoms with van der Waals surface area (Å²) in [6.07, 6.45) is 1.24. The number of nitrogens with zero attached hydrogens (tertiary/aromatic N) is 1. The van der Waals surface area contributed by atoms with Gasteiger partial charge >= 0.3 is 6.03 Å². The van der Waals surface area contributed by atoms with Crippen molar-refractivity contribution in [2.24, 2.45) is 11.7 Å². The second kappa shape index (κ2) is 7.76. The summed E-state index contributed by atoms with van der Waals surface area (Å²) in [5.41, 5.74) is 7.57. The number of carbonyl (C=O) groups is 2. The van der Waals surface area contributed by atoms with Crippen molar-refractivity contribution in [1.29, 1.82) is 0 Å². The molecule has 3 N–H and O–H groups in total. The number of benzene rings is 1. The molecule has 6 heteroatoms. The van der Waals surface area contributed by atoms with E-state index in [1.54, 1.807) is 4.90 Å². The highest BCUT2D eigenvalue weighted by atomic mass is 16.5. The Bertz CT molecular complexity index is 629. The molecule has 0 spiro atoms. The first-order valence-corrected chi connectivity index (χ1v) is 8.74. The van der Waals surface area contributed by atoms with Crippen LogP contribution in [-0.4, -0.2) is 36.7 Å². The highest BCUT2D eigenvalue weighted by Crippen LogP contribution is 2.32. The second-order valence-electron chi connectivity index (χ2n) is 7.68. The maximum absolute atomic E-state index is 12.2. The first-order chi connectivity index (χ1) is 11.7. The summed E-state index contributed by atoms with van der Waals surface area (Å²) in [6, 6.07) is 5.89. The largest absolute Gasteiger partial charge is 0.473 e. The molecule has 1 aliphatic rings. The fraction of sp³-hybridized carbons (Fsp3) is 0.579. The topological polar surface area (TPSA) is 84.7 Å². The predicted octanol–water partition coefficient (Wildman–Crippen LogP) is 2.54. The Morgan fingerprint density at radius 2 is 1.92 bits per heavy atom. The summed E-state index contributed by atoms with van der Waals surface area (Å²) in [5.74, 6) is 0.380. The molecule has 0 unspecified atom stereocenters. The van der Waals surface area contributed by atoms with E-state index in [0.29, 0.717) is 25.9 Å². The lowest BCUT2D eigenvalue weighted by Crippen LogP contribution is -2.47. The van der Waals surface area contributed by atoms with Crippen molar-refractivity contribution in [2.75, 3.05) is 19.8 Å². The van der Waals surface area contributed by atoms with Crippen LogP contribution in [-0.2, 0) is 10.2 Å². The molecule has 1 aromatic carbocycles. The summed E-state index contributed by atoms with van der Waals surface area (Å²) < 4.78 is 5.81. The van der Waals surface area contributed by atoms with E-state index in [-0.39, 0.29) is 30.0 Å². The lowest BCUT2D eigenvalue weighted by atomic mass is 9.85. The Kier molecular flexibility index (Phi) is 5.93. The highest BCUT2D eigenvalue weighted by Gasteiger charge is 2.26. The average Bonchev–Trinajstić information content (AvgIpc) is 2.55. The molecule has 1 heterocycles. The molecule has 0 aliphatic carbocycles. The third-order valence-electron chi connectivity index (χ3n) is 4.58. The lowest BCUT2D eigenvalue weighted by Gasteiger charge is -2.30. The molecule has 0 radical (unpaired) electrons. The summed E-state index contributed by atoms with van der Waals surface area (Å²) in [6.45, 7) is 9.65. The quantitative estimate of drug-likeness (QED) is 0.821. The zero-order valence-electron chi connectivity index (χ0n) is 15.6. The molecule has 2 rings (SSSR count). The first-order valence-electron chi connectivity index (χ1n) is 8.74. The van der Waals surface area contributed by atoms with Gasteiger partial charge in [0.2, 0.25) is 5.91 Å². The number of nitrogens with two attached hydrogens (primary N) is 1. The Morgan fingerprint density at radius 3 is 2.48 bits per heavy atom. The summed E-state index contributed by atoms with van der Waals surface area (Å²) in [4.78, 5) is 25.1. The fourth-order valence-corrected chi connectivity index (χ4v) is 3.01. The van der Waals surface area contributed by atoms with Gasteiger partial charge in [-0.1, -0.05) is 38.5 Å². The number of amides is 3. The van der Waals surface area contributed by atoms with Crippen LogP contribution >= 0.6 is 0 Å². The number of likely N-dealkylation sites (tertiary alicyclic amines) is 1. The van der Waals surface area contributed by atoms with Gasteiger partial charge in [-0.2, -0.15) is 0 Å². The predicted molar refractivity (Wildman–Crippen MR) is 97.4 cm³/mol. The van der Waals surface area contributed by atoms with E-state index in [2.05, 4.69) is 39.1 Å². The van der Waals surface area contributed by atoms with Crippen molar-refractivity contribution in [3.05, 3.63) is 29.3 Å². The van der Waals surface area contributed by atoms with Crippen molar-refractivity contribution in [3.8, 4) is 5.75 Å². The third-order valence-corrected chi connectivity index (χ3v) is 4.58. The zero-order chi connectivity index (χ0) is 18.6. The van der Waals surface area contributed by atoms with Gasteiger partial charge in [-0.3, -0.25) is 4.79 Å². The van der Waals surface area contributed by atoms with Crippen molar-refractivity contribution in [2.45, 2.75) is 46.0 Å². The highest BCUT2D eigenvalue weighted by molar-refractivity contribution is 5.78. The normalized spacial score (nSPS) is 15.8. The number of carbonyl (C=O) groups excluding carboxylic acids is 2. The molecule has 1 fully saturated rings. The maximum atomic E-state index is 12.2. The molecule has 0 atom stereocenters. The molecule has 138 valence electrons. The SMILES string of the molecule is Cc1ccc(OCNC(=O)N2CCC(C(N)=O)CC2)c(C(C)(C)C)c1. The number of hydrogen-bond acceptors (Lipinski definition) is 3. The van der Waals surface area contributed by atoms with Crippen LogP contribution in [0.2, 0.25) is 0 Å². The smallest absolute Gasteiger partial charge is 0.320 e. The molecule has 0 saturated carbocycles. The van der Waals surface area contributed by atoms with Gasteiger partial charge in [0, 0.05) is 19.0 Å². The second-order valence-corrected chi connectivity index (χ2v) is 7.68. The van der Waals surface area contributed by atoms with Gasteiger partial charge in [0.05, 0.1) is 0 Å². The van der Waals surface area contributed by atoms with Crippen LogP contribution in [0.3, 0.4) is 0 Å². The molecule has 0 bridgehead atoms. The van der Waals surface area contributed by atoms with Crippen molar-refractivity contribution in [1.82, 2.24) is 10.2 Å². The number of hydrogen-bond donors (Lipinski definition) is 2. The van der Waals surface area contributed by atoms with Crippen LogP contribution < -0.4 is 15.8 Å². The zero-order valence-corrected chi connectivity index (χ0v) is 15.6. The number of ether oxygens (including phenoxy) is 1. The van der Waals surface area contributed by atoms with Gasteiger partial charge in [-0.25, -0.2) is 4.79 Å². The van der Waals surface area contributed by atoms with Crippen LogP contribution in [0.1, 0.15) is 44.7 Å². The molecule has 6 nitrogen and oxygen atoms in total. The molecule has 25 heavy (non-hydrogen) atoms. The van der Waals surface area contributed by atoms with E-state index in [1.807, 2.05) is 12.1 Å². The van der Waals surface area contributed by atoms with E-state index in [0.717, 1.165) is 11.3 Å². The van der Waals surface area contributed by atoms with E-state index >= 15 is 0 Å². The van der Waals surface area contributed by atoms with E-state index in [9.17, 15) is 9.59 Å². The molecular weight excluding hydrogens is 318 g/mol. The monoisotopic (exact) mass is 347 g/mol. The Hall–Kier alpha value is -2.24. The van der Waals surface area contributed by atoms with E-state index < -0.39 is 0 Å². The van der Waals surface area contributed by atoms with E-state index in [1.165, 1.54) is 5.56 Å². The lowest BCUT2D eigenvalue weighted by molar-refractivity contribution is -0.123. The number of piperidine rings is 1. The summed E-state index contributed by atoms with van der Waals surface area (Å²) in [5, 5.41) is 2.79. The Labute approximate surface area is 149 Å². The van der Waals surface area contributed by atoms with Gasteiger partial charge in [-0.15, -0.1) is 0 Å². The van der Waals surface area contributed by atoms with Crippen LogP contribution in [0.4, 0.5) is 4.79 Å². The number of aryl methyl sites for hydroxylation is 1. The number of primary amides is 1. The minimum atomic E-state index is -0.280. The molecule has 1 aliphatic heterocycles. The van der Waals surface area contributed by atoms with Crippen LogP contribution in [0.25, 0.3) is 0 Å². The molecule has 3 amide bonds. The molecule has 1 aromatic rings. The number of urea groups is 1. The Balaban J connectivity index is 1.87. The summed E-state index contributed by atoms with van der Waals surface area (Å²) in [7, 11) is 0. The minimum absolute atomic E-state index is 0.0397. The maximum Gasteiger partial charge on any atom is 0.320 e. The van der Waals surface area contributed by atoms with Gasteiger partial charge < -0.3 is 20.7 Å². The fourth-order valence-electron chi connectivity index (χ4n) is 3.01. The minimum Gasteiger partial charge on any atom is -0.473 e. The van der Waals surface area contributed by atoms with Crippen molar-refractivity contribution >= 4 is 11.9 Å². The van der Waals surface area contributed by atoms with E-state index in [4.69, 9.17) is 10.5 Å². The van der Waals surface area contributed by atoms with Crippen molar-refractivity contribution < 1.29 is 14.3 Å². The molecule has 1 saturated heterocycles. The Morgan fingerprint density at radius 1 is 1.28 bits per heavy atom. The molecule has 0 aromatic heterocycles. The van der Waals surface area contributed by atoms with Gasteiger partial charge in [-0.05, 0) is 36.8 Å². The van der Waals surface area contributed by atoms with Gasteiger partial charge in [0.15, 0.2) is 6.73 Å². The third kappa shape index (κ3) is 5.11. The summed E-state index contributed by atoms with van der Waals surface area (Å²) >= 11 is 0. The van der Waals surface area contributed by atoms with Crippen LogP contribution in [0.5, 0.6) is 5.75 Å². The van der Waals surface area contributed by atoms with Crippen molar-refractivity contribution in [3.63, 3.8) is 0 Å². The first kappa shape index (κ1) is 19.1. The van der Waals surface area contributed by atoms with Gasteiger partial charge in [0.1, 0.15) is 5.75 Å². The van der Waals surface area contributed by atoms with Crippen LogP contribution in [0.15, 0.2) is 18.2 Å². The standard InChI is InChI=1S/C19H29N3O3/c1-13-5-6-16(15(11-13)19(2,3)4)25-12-21-18(24)22-9-7-14(8-10-22)17(20)23/h5-6,11,14H,7-10,12H2,1-4H3,(H2,20,23)(H,21,24). The number of rotatable bonds is 4. The van der Waals surface area contributed by atoms with Crippen LogP contribution in [0, 0.1) is 12.8 Å².